The van der Waals surface area contributed by atoms with Crippen LogP contribution in [0.1, 0.15) is 30.9 Å². The molecule has 0 spiro atoms. The van der Waals surface area contributed by atoms with Gasteiger partial charge in [-0.2, -0.15) is 5.10 Å². The molecule has 2 aromatic heterocycles. The number of benzene rings is 2. The molecule has 0 unspecified atom stereocenters. The summed E-state index contributed by atoms with van der Waals surface area (Å²) in [5, 5.41) is 4.57. The van der Waals surface area contributed by atoms with Crippen LogP contribution in [0.3, 0.4) is 0 Å². The molecular formula is C24H25N3O2. The van der Waals surface area contributed by atoms with Crippen LogP contribution in [-0.4, -0.2) is 20.8 Å². The van der Waals surface area contributed by atoms with Gasteiger partial charge in [-0.25, -0.2) is 4.52 Å². The number of rotatable bonds is 7. The highest BCUT2D eigenvalue weighted by molar-refractivity contribution is 5.66. The first kappa shape index (κ1) is 19.0. The maximum absolute atomic E-state index is 12.9. The van der Waals surface area contributed by atoms with Crippen LogP contribution in [0.5, 0.6) is 5.75 Å². The van der Waals surface area contributed by atoms with Crippen molar-refractivity contribution in [1.82, 2.24) is 14.2 Å². The van der Waals surface area contributed by atoms with E-state index in [-0.39, 0.29) is 5.56 Å². The number of aromatic nitrogens is 3. The fourth-order valence-corrected chi connectivity index (χ4v) is 3.36. The first-order valence-electron chi connectivity index (χ1n) is 10.0. The Labute approximate surface area is 170 Å². The molecule has 0 saturated carbocycles. The van der Waals surface area contributed by atoms with Crippen molar-refractivity contribution in [2.45, 2.75) is 33.2 Å². The smallest absolute Gasteiger partial charge is 0.276 e. The van der Waals surface area contributed by atoms with Crippen LogP contribution in [0.2, 0.25) is 0 Å². The van der Waals surface area contributed by atoms with E-state index in [1.807, 2.05) is 48.7 Å². The lowest BCUT2D eigenvalue weighted by Crippen LogP contribution is -2.21. The molecule has 0 radical (unpaired) electrons. The Balaban J connectivity index is 1.59. The molecule has 0 aliphatic carbocycles. The van der Waals surface area contributed by atoms with E-state index in [4.69, 9.17) is 4.74 Å². The first-order valence-corrected chi connectivity index (χ1v) is 10.0. The summed E-state index contributed by atoms with van der Waals surface area (Å²) in [6.45, 7) is 5.47. The quantitative estimate of drug-likeness (QED) is 0.432. The van der Waals surface area contributed by atoms with Crippen molar-refractivity contribution in [3.05, 3.63) is 88.5 Å². The normalized spacial score (nSPS) is 11.1. The van der Waals surface area contributed by atoms with Gasteiger partial charge in [0.05, 0.1) is 18.8 Å². The van der Waals surface area contributed by atoms with Gasteiger partial charge in [0.2, 0.25) is 0 Å². The van der Waals surface area contributed by atoms with Crippen LogP contribution in [0, 0.1) is 6.92 Å². The van der Waals surface area contributed by atoms with Gasteiger partial charge in [-0.3, -0.25) is 4.79 Å². The van der Waals surface area contributed by atoms with Gasteiger partial charge in [0.15, 0.2) is 0 Å². The van der Waals surface area contributed by atoms with Gasteiger partial charge in [0.1, 0.15) is 11.3 Å². The van der Waals surface area contributed by atoms with Gasteiger partial charge in [-0.05, 0) is 49.2 Å². The zero-order valence-corrected chi connectivity index (χ0v) is 16.8. The second-order valence-electron chi connectivity index (χ2n) is 7.31. The third-order valence-corrected chi connectivity index (χ3v) is 4.96. The van der Waals surface area contributed by atoms with E-state index >= 15 is 0 Å². The van der Waals surface area contributed by atoms with E-state index in [0.717, 1.165) is 42.0 Å². The molecule has 5 heteroatoms. The van der Waals surface area contributed by atoms with Crippen molar-refractivity contribution < 1.29 is 4.74 Å². The maximum atomic E-state index is 12.9. The molecule has 0 aliphatic rings. The largest absolute Gasteiger partial charge is 0.494 e. The Hall–Kier alpha value is -3.34. The summed E-state index contributed by atoms with van der Waals surface area (Å²) in [7, 11) is 0. The number of ether oxygens (including phenoxy) is 1. The Morgan fingerprint density at radius 2 is 1.86 bits per heavy atom. The van der Waals surface area contributed by atoms with E-state index in [9.17, 15) is 4.79 Å². The molecule has 148 valence electrons. The molecule has 2 aromatic carbocycles. The summed E-state index contributed by atoms with van der Waals surface area (Å²) in [5.74, 6) is 0.853. The van der Waals surface area contributed by atoms with Crippen molar-refractivity contribution in [2.75, 3.05) is 6.61 Å². The van der Waals surface area contributed by atoms with Crippen LogP contribution in [0.4, 0.5) is 0 Å². The summed E-state index contributed by atoms with van der Waals surface area (Å²) in [6.07, 6.45) is 5.78. The Kier molecular flexibility index (Phi) is 5.47. The van der Waals surface area contributed by atoms with Gasteiger partial charge in [-0.15, -0.1) is 0 Å². The first-order chi connectivity index (χ1) is 14.1. The van der Waals surface area contributed by atoms with Gasteiger partial charge in [-0.1, -0.05) is 43.2 Å². The molecule has 0 bridgehead atoms. The Morgan fingerprint density at radius 3 is 2.62 bits per heavy atom. The summed E-state index contributed by atoms with van der Waals surface area (Å²) < 4.78 is 9.09. The number of hydrogen-bond donors (Lipinski definition) is 0. The van der Waals surface area contributed by atoms with Crippen molar-refractivity contribution >= 4 is 5.52 Å². The van der Waals surface area contributed by atoms with Crippen molar-refractivity contribution in [3.8, 4) is 17.0 Å². The van der Waals surface area contributed by atoms with Crippen molar-refractivity contribution in [1.29, 1.82) is 0 Å². The standard InChI is InChI=1S/C24H25N3O2/c1-3-4-14-29-21-10-8-20(9-11-21)22-16-23-24(28)26(12-13-27(23)25-22)17-19-7-5-6-18(2)15-19/h5-13,15-16H,3-4,14,17H2,1-2H3. The van der Waals surface area contributed by atoms with Gasteiger partial charge in [0.25, 0.3) is 5.56 Å². The molecule has 0 fully saturated rings. The minimum Gasteiger partial charge on any atom is -0.494 e. The van der Waals surface area contributed by atoms with Crippen LogP contribution < -0.4 is 10.3 Å². The molecule has 5 nitrogen and oxygen atoms in total. The lowest BCUT2D eigenvalue weighted by Gasteiger charge is -2.06. The third kappa shape index (κ3) is 4.24. The number of hydrogen-bond acceptors (Lipinski definition) is 3. The second kappa shape index (κ2) is 8.35. The van der Waals surface area contributed by atoms with Crippen molar-refractivity contribution in [2.24, 2.45) is 0 Å². The topological polar surface area (TPSA) is 48.5 Å². The number of aryl methyl sites for hydroxylation is 1. The predicted molar refractivity (Wildman–Crippen MR) is 116 cm³/mol. The highest BCUT2D eigenvalue weighted by Crippen LogP contribution is 2.22. The lowest BCUT2D eigenvalue weighted by molar-refractivity contribution is 0.309. The predicted octanol–water partition coefficient (Wildman–Crippen LogP) is 4.70. The maximum Gasteiger partial charge on any atom is 0.276 e. The zero-order chi connectivity index (χ0) is 20.2. The highest BCUT2D eigenvalue weighted by atomic mass is 16.5. The average molecular weight is 387 g/mol. The van der Waals surface area contributed by atoms with E-state index in [1.54, 1.807) is 15.3 Å². The number of nitrogens with zero attached hydrogens (tertiary/aromatic N) is 3. The highest BCUT2D eigenvalue weighted by Gasteiger charge is 2.10. The van der Waals surface area contributed by atoms with Crippen LogP contribution in [0.15, 0.2) is 71.8 Å². The Bertz CT molecular complexity index is 1170. The summed E-state index contributed by atoms with van der Waals surface area (Å²) in [6, 6.07) is 17.9. The minimum atomic E-state index is -0.0488. The van der Waals surface area contributed by atoms with Crippen LogP contribution in [-0.2, 0) is 6.54 Å². The molecule has 29 heavy (non-hydrogen) atoms. The average Bonchev–Trinajstić information content (AvgIpc) is 3.16. The summed E-state index contributed by atoms with van der Waals surface area (Å²) in [4.78, 5) is 12.9. The fraction of sp³-hybridized carbons (Fsp3) is 0.250. The molecule has 4 rings (SSSR count). The monoisotopic (exact) mass is 387 g/mol. The molecule has 0 amide bonds. The third-order valence-electron chi connectivity index (χ3n) is 4.96. The molecule has 2 heterocycles. The fourth-order valence-electron chi connectivity index (χ4n) is 3.36. The Morgan fingerprint density at radius 1 is 1.03 bits per heavy atom. The molecule has 4 aromatic rings. The number of unbranched alkanes of at least 4 members (excludes halogenated alkanes) is 1. The van der Waals surface area contributed by atoms with Crippen molar-refractivity contribution in [3.63, 3.8) is 0 Å². The minimum absolute atomic E-state index is 0.0488. The van der Waals surface area contributed by atoms with Crippen LogP contribution >= 0.6 is 0 Å². The van der Waals surface area contributed by atoms with E-state index in [2.05, 4.69) is 31.1 Å². The molecule has 0 N–H and O–H groups in total. The van der Waals surface area contributed by atoms with E-state index in [1.165, 1.54) is 5.56 Å². The lowest BCUT2D eigenvalue weighted by atomic mass is 10.1. The van der Waals surface area contributed by atoms with Crippen LogP contribution in [0.25, 0.3) is 16.8 Å². The van der Waals surface area contributed by atoms with Gasteiger partial charge < -0.3 is 9.30 Å². The molecule has 0 saturated heterocycles. The zero-order valence-electron chi connectivity index (χ0n) is 16.8. The van der Waals surface area contributed by atoms with Gasteiger partial charge >= 0.3 is 0 Å². The van der Waals surface area contributed by atoms with Gasteiger partial charge in [0, 0.05) is 18.0 Å². The SMILES string of the molecule is CCCCOc1ccc(-c2cc3c(=O)n(Cc4cccc(C)c4)ccn3n2)cc1. The molecular weight excluding hydrogens is 362 g/mol. The molecule has 0 aliphatic heterocycles. The summed E-state index contributed by atoms with van der Waals surface area (Å²) in [5.41, 5.74) is 4.54. The number of fused-ring (bicyclic) bond motifs is 1. The summed E-state index contributed by atoms with van der Waals surface area (Å²) >= 11 is 0. The second-order valence-corrected chi connectivity index (χ2v) is 7.31. The van der Waals surface area contributed by atoms with E-state index < -0.39 is 0 Å². The van der Waals surface area contributed by atoms with E-state index in [0.29, 0.717) is 12.1 Å². The molecule has 0 atom stereocenters.